The standard InChI is InChI=1S/C17H27NO2/c1-5-13(3)15(14-10-8-7-9-11-14)16(20)18-17(4,6-2)12-19/h7-11,13,15,19H,5-6,12H2,1-4H3,(H,18,20). The molecule has 3 unspecified atom stereocenters. The van der Waals surface area contributed by atoms with Crippen LogP contribution in [0.3, 0.4) is 0 Å². The molecular formula is C17H27NO2. The van der Waals surface area contributed by atoms with Crippen LogP contribution in [-0.4, -0.2) is 23.2 Å². The first-order valence-corrected chi connectivity index (χ1v) is 7.45. The van der Waals surface area contributed by atoms with Gasteiger partial charge in [-0.1, -0.05) is 57.5 Å². The smallest absolute Gasteiger partial charge is 0.228 e. The lowest BCUT2D eigenvalue weighted by molar-refractivity contribution is -0.126. The van der Waals surface area contributed by atoms with Gasteiger partial charge in [0.2, 0.25) is 5.91 Å². The summed E-state index contributed by atoms with van der Waals surface area (Å²) in [4.78, 5) is 12.7. The van der Waals surface area contributed by atoms with Crippen LogP contribution >= 0.6 is 0 Å². The van der Waals surface area contributed by atoms with E-state index < -0.39 is 5.54 Å². The Balaban J connectivity index is 2.98. The monoisotopic (exact) mass is 277 g/mol. The van der Waals surface area contributed by atoms with E-state index in [9.17, 15) is 9.90 Å². The van der Waals surface area contributed by atoms with Gasteiger partial charge in [-0.25, -0.2) is 0 Å². The van der Waals surface area contributed by atoms with Crippen molar-refractivity contribution in [3.8, 4) is 0 Å². The molecule has 3 atom stereocenters. The number of hydrogen-bond acceptors (Lipinski definition) is 2. The summed E-state index contributed by atoms with van der Waals surface area (Å²) in [6, 6.07) is 9.88. The first kappa shape index (κ1) is 16.7. The highest BCUT2D eigenvalue weighted by atomic mass is 16.3. The molecule has 0 spiro atoms. The van der Waals surface area contributed by atoms with Crippen molar-refractivity contribution < 1.29 is 9.90 Å². The molecule has 1 aromatic rings. The number of hydrogen-bond donors (Lipinski definition) is 2. The van der Waals surface area contributed by atoms with E-state index in [0.717, 1.165) is 12.0 Å². The molecule has 1 rings (SSSR count). The Morgan fingerprint density at radius 3 is 2.35 bits per heavy atom. The highest BCUT2D eigenvalue weighted by molar-refractivity contribution is 5.84. The summed E-state index contributed by atoms with van der Waals surface area (Å²) >= 11 is 0. The van der Waals surface area contributed by atoms with Gasteiger partial charge in [0, 0.05) is 0 Å². The van der Waals surface area contributed by atoms with Crippen molar-refractivity contribution in [1.29, 1.82) is 0 Å². The predicted octanol–water partition coefficient (Wildman–Crippen LogP) is 3.09. The molecule has 0 heterocycles. The third-order valence-corrected chi connectivity index (χ3v) is 4.21. The van der Waals surface area contributed by atoms with Gasteiger partial charge in [0.1, 0.15) is 0 Å². The molecule has 0 saturated heterocycles. The van der Waals surface area contributed by atoms with Crippen LogP contribution in [-0.2, 0) is 4.79 Å². The van der Waals surface area contributed by atoms with Crippen molar-refractivity contribution in [3.63, 3.8) is 0 Å². The van der Waals surface area contributed by atoms with E-state index in [1.165, 1.54) is 0 Å². The lowest BCUT2D eigenvalue weighted by atomic mass is 9.84. The Morgan fingerprint density at radius 2 is 1.90 bits per heavy atom. The van der Waals surface area contributed by atoms with Gasteiger partial charge < -0.3 is 10.4 Å². The molecule has 3 heteroatoms. The van der Waals surface area contributed by atoms with Gasteiger partial charge in [-0.05, 0) is 24.8 Å². The quantitative estimate of drug-likeness (QED) is 0.804. The number of nitrogens with one attached hydrogen (secondary N) is 1. The molecule has 0 radical (unpaired) electrons. The van der Waals surface area contributed by atoms with Gasteiger partial charge in [0.05, 0.1) is 18.1 Å². The van der Waals surface area contributed by atoms with Gasteiger partial charge in [0.15, 0.2) is 0 Å². The van der Waals surface area contributed by atoms with E-state index in [1.807, 2.05) is 44.2 Å². The maximum absolute atomic E-state index is 12.7. The summed E-state index contributed by atoms with van der Waals surface area (Å²) < 4.78 is 0. The van der Waals surface area contributed by atoms with Gasteiger partial charge >= 0.3 is 0 Å². The van der Waals surface area contributed by atoms with Crippen LogP contribution in [0.25, 0.3) is 0 Å². The third kappa shape index (κ3) is 4.07. The molecule has 2 N–H and O–H groups in total. The van der Waals surface area contributed by atoms with Crippen LogP contribution in [0.15, 0.2) is 30.3 Å². The van der Waals surface area contributed by atoms with Crippen molar-refractivity contribution >= 4 is 5.91 Å². The van der Waals surface area contributed by atoms with Crippen molar-refractivity contribution in [3.05, 3.63) is 35.9 Å². The Bertz CT molecular complexity index is 412. The highest BCUT2D eigenvalue weighted by Gasteiger charge is 2.31. The van der Waals surface area contributed by atoms with Crippen molar-refractivity contribution in [2.75, 3.05) is 6.61 Å². The fourth-order valence-electron chi connectivity index (χ4n) is 2.25. The zero-order valence-corrected chi connectivity index (χ0v) is 13.0. The average molecular weight is 277 g/mol. The van der Waals surface area contributed by atoms with Gasteiger partial charge in [-0.15, -0.1) is 0 Å². The number of rotatable bonds is 7. The summed E-state index contributed by atoms with van der Waals surface area (Å²) in [7, 11) is 0. The zero-order chi connectivity index (χ0) is 15.2. The second kappa shape index (κ2) is 7.44. The normalized spacial score (nSPS) is 17.1. The number of carbonyl (C=O) groups excluding carboxylic acids is 1. The van der Waals surface area contributed by atoms with Crippen LogP contribution < -0.4 is 5.32 Å². The molecule has 0 aliphatic carbocycles. The van der Waals surface area contributed by atoms with Gasteiger partial charge in [-0.2, -0.15) is 0 Å². The van der Waals surface area contributed by atoms with Crippen LogP contribution in [0.4, 0.5) is 0 Å². The van der Waals surface area contributed by atoms with Gasteiger partial charge in [0.25, 0.3) is 0 Å². The lowest BCUT2D eigenvalue weighted by Gasteiger charge is -2.31. The SMILES string of the molecule is CCC(C)C(C(=O)NC(C)(CC)CO)c1ccccc1. The molecule has 0 bridgehead atoms. The molecule has 0 aliphatic heterocycles. The Labute approximate surface area is 122 Å². The van der Waals surface area contributed by atoms with Crippen LogP contribution in [0.5, 0.6) is 0 Å². The Hall–Kier alpha value is -1.35. The summed E-state index contributed by atoms with van der Waals surface area (Å²) in [5.74, 6) is 0.0970. The molecule has 0 aromatic heterocycles. The van der Waals surface area contributed by atoms with E-state index in [-0.39, 0.29) is 24.3 Å². The van der Waals surface area contributed by atoms with E-state index in [0.29, 0.717) is 6.42 Å². The minimum absolute atomic E-state index is 0.00366. The summed E-state index contributed by atoms with van der Waals surface area (Å²) in [6.07, 6.45) is 1.65. The second-order valence-electron chi connectivity index (χ2n) is 5.84. The molecular weight excluding hydrogens is 250 g/mol. The average Bonchev–Trinajstić information content (AvgIpc) is 2.48. The Morgan fingerprint density at radius 1 is 1.30 bits per heavy atom. The third-order valence-electron chi connectivity index (χ3n) is 4.21. The molecule has 112 valence electrons. The summed E-state index contributed by atoms with van der Waals surface area (Å²) in [5.41, 5.74) is 0.494. The minimum Gasteiger partial charge on any atom is -0.394 e. The first-order valence-electron chi connectivity index (χ1n) is 7.45. The maximum atomic E-state index is 12.7. The number of amides is 1. The van der Waals surface area contributed by atoms with Crippen molar-refractivity contribution in [2.45, 2.75) is 52.0 Å². The van der Waals surface area contributed by atoms with Crippen molar-refractivity contribution in [2.24, 2.45) is 5.92 Å². The fourth-order valence-corrected chi connectivity index (χ4v) is 2.25. The first-order chi connectivity index (χ1) is 9.47. The van der Waals surface area contributed by atoms with E-state index in [1.54, 1.807) is 0 Å². The molecule has 20 heavy (non-hydrogen) atoms. The highest BCUT2D eigenvalue weighted by Crippen LogP contribution is 2.28. The van der Waals surface area contributed by atoms with Gasteiger partial charge in [-0.3, -0.25) is 4.79 Å². The molecule has 0 aliphatic rings. The van der Waals surface area contributed by atoms with Crippen LogP contribution in [0.1, 0.15) is 52.0 Å². The number of benzene rings is 1. The van der Waals surface area contributed by atoms with E-state index in [4.69, 9.17) is 0 Å². The second-order valence-corrected chi connectivity index (χ2v) is 5.84. The van der Waals surface area contributed by atoms with E-state index in [2.05, 4.69) is 19.2 Å². The minimum atomic E-state index is -0.544. The number of aliphatic hydroxyl groups is 1. The lowest BCUT2D eigenvalue weighted by Crippen LogP contribution is -2.50. The maximum Gasteiger partial charge on any atom is 0.228 e. The zero-order valence-electron chi connectivity index (χ0n) is 13.0. The molecule has 1 amide bonds. The van der Waals surface area contributed by atoms with E-state index >= 15 is 0 Å². The molecule has 0 saturated carbocycles. The van der Waals surface area contributed by atoms with Crippen LogP contribution in [0.2, 0.25) is 0 Å². The molecule has 0 fully saturated rings. The topological polar surface area (TPSA) is 49.3 Å². The molecule has 3 nitrogen and oxygen atoms in total. The van der Waals surface area contributed by atoms with Crippen LogP contribution in [0, 0.1) is 5.92 Å². The predicted molar refractivity (Wildman–Crippen MR) is 82.6 cm³/mol. The summed E-state index contributed by atoms with van der Waals surface area (Å²) in [5, 5.41) is 12.5. The fraction of sp³-hybridized carbons (Fsp3) is 0.588. The van der Waals surface area contributed by atoms with Crippen molar-refractivity contribution in [1.82, 2.24) is 5.32 Å². The Kier molecular flexibility index (Phi) is 6.21. The summed E-state index contributed by atoms with van der Waals surface area (Å²) in [6.45, 7) is 8.00. The molecule has 1 aromatic carbocycles. The number of carbonyl (C=O) groups is 1. The number of aliphatic hydroxyl groups excluding tert-OH is 1. The largest absolute Gasteiger partial charge is 0.394 e.